The SMILES string of the molecule is O=P(c1ccccc1)(c1ccccc1)c1ccccc1.[LiH]. The molecule has 0 saturated heterocycles. The van der Waals surface area contributed by atoms with Crippen molar-refractivity contribution < 1.29 is 4.57 Å². The molecule has 0 radical (unpaired) electrons. The fourth-order valence-electron chi connectivity index (χ4n) is 2.36. The van der Waals surface area contributed by atoms with Crippen molar-refractivity contribution >= 4 is 41.9 Å². The molecule has 0 aromatic heterocycles. The first-order chi connectivity index (χ1) is 9.82. The Bertz CT molecular complexity index is 624. The fraction of sp³-hybridized carbons (Fsp3) is 0. The molecular formula is C18H16LiOP. The Morgan fingerprint density at radius 2 is 0.714 bits per heavy atom. The van der Waals surface area contributed by atoms with E-state index in [-0.39, 0.29) is 18.9 Å². The topological polar surface area (TPSA) is 17.1 Å². The Balaban J connectivity index is 0.00000161. The summed E-state index contributed by atoms with van der Waals surface area (Å²) in [7, 11) is -2.78. The van der Waals surface area contributed by atoms with Crippen molar-refractivity contribution in [2.75, 3.05) is 0 Å². The molecule has 0 aliphatic carbocycles. The molecular weight excluding hydrogens is 270 g/mol. The summed E-state index contributed by atoms with van der Waals surface area (Å²) in [6.45, 7) is 0. The molecule has 3 heteroatoms. The summed E-state index contributed by atoms with van der Waals surface area (Å²) in [4.78, 5) is 0. The van der Waals surface area contributed by atoms with E-state index in [0.29, 0.717) is 0 Å². The second kappa shape index (κ2) is 6.97. The van der Waals surface area contributed by atoms with Crippen LogP contribution in [0.1, 0.15) is 0 Å². The van der Waals surface area contributed by atoms with Crippen LogP contribution in [0.15, 0.2) is 91.0 Å². The van der Waals surface area contributed by atoms with E-state index in [0.717, 1.165) is 15.9 Å². The summed E-state index contributed by atoms with van der Waals surface area (Å²) in [5.74, 6) is 0. The maximum atomic E-state index is 13.8. The van der Waals surface area contributed by atoms with Crippen molar-refractivity contribution in [1.82, 2.24) is 0 Å². The van der Waals surface area contributed by atoms with Gasteiger partial charge in [0, 0.05) is 15.9 Å². The van der Waals surface area contributed by atoms with Crippen LogP contribution >= 0.6 is 7.14 Å². The van der Waals surface area contributed by atoms with Crippen LogP contribution in [0.3, 0.4) is 0 Å². The molecule has 100 valence electrons. The van der Waals surface area contributed by atoms with Crippen molar-refractivity contribution in [1.29, 1.82) is 0 Å². The van der Waals surface area contributed by atoms with E-state index in [1.165, 1.54) is 0 Å². The zero-order valence-electron chi connectivity index (χ0n) is 11.0. The molecule has 1 nitrogen and oxygen atoms in total. The molecule has 0 aliphatic rings. The third kappa shape index (κ3) is 3.07. The quantitative estimate of drug-likeness (QED) is 0.534. The molecule has 0 atom stereocenters. The number of hydrogen-bond donors (Lipinski definition) is 0. The van der Waals surface area contributed by atoms with E-state index in [4.69, 9.17) is 0 Å². The van der Waals surface area contributed by atoms with Gasteiger partial charge in [-0.3, -0.25) is 0 Å². The zero-order valence-corrected chi connectivity index (χ0v) is 11.9. The molecule has 0 fully saturated rings. The van der Waals surface area contributed by atoms with Crippen molar-refractivity contribution in [2.45, 2.75) is 0 Å². The predicted octanol–water partition coefficient (Wildman–Crippen LogP) is 2.68. The normalized spacial score (nSPS) is 10.7. The zero-order chi connectivity index (χ0) is 13.8. The number of benzene rings is 3. The van der Waals surface area contributed by atoms with Gasteiger partial charge < -0.3 is 4.57 Å². The second-order valence-electron chi connectivity index (χ2n) is 4.62. The van der Waals surface area contributed by atoms with Gasteiger partial charge in [-0.05, 0) is 0 Å². The summed E-state index contributed by atoms with van der Waals surface area (Å²) < 4.78 is 13.8. The Hall–Kier alpha value is -1.51. The average Bonchev–Trinajstić information content (AvgIpc) is 2.56. The molecule has 0 unspecified atom stereocenters. The molecule has 0 amide bonds. The Kier molecular flexibility index (Phi) is 5.26. The summed E-state index contributed by atoms with van der Waals surface area (Å²) >= 11 is 0. The summed E-state index contributed by atoms with van der Waals surface area (Å²) in [6, 6.07) is 29.1. The Morgan fingerprint density at radius 3 is 0.952 bits per heavy atom. The van der Waals surface area contributed by atoms with Crippen LogP contribution in [0.25, 0.3) is 0 Å². The average molecular weight is 286 g/mol. The van der Waals surface area contributed by atoms with Gasteiger partial charge in [0.15, 0.2) is 7.14 Å². The molecule has 3 aromatic rings. The molecule has 3 aromatic carbocycles. The summed E-state index contributed by atoms with van der Waals surface area (Å²) in [5, 5.41) is 2.62. The van der Waals surface area contributed by atoms with Gasteiger partial charge in [0.2, 0.25) is 0 Å². The van der Waals surface area contributed by atoms with Gasteiger partial charge in [-0.1, -0.05) is 91.0 Å². The van der Waals surface area contributed by atoms with Gasteiger partial charge >= 0.3 is 18.9 Å². The van der Waals surface area contributed by atoms with Crippen LogP contribution in [0.2, 0.25) is 0 Å². The summed E-state index contributed by atoms with van der Waals surface area (Å²) in [5.41, 5.74) is 0. The van der Waals surface area contributed by atoms with Crippen LogP contribution < -0.4 is 15.9 Å². The molecule has 0 bridgehead atoms. The standard InChI is InChI=1S/C18H15OP.Li.H/c19-20(16-10-4-1-5-11-16,17-12-6-2-7-13-17)18-14-8-3-9-15-18;;/h1-15H;;. The van der Waals surface area contributed by atoms with E-state index in [1.807, 2.05) is 91.0 Å². The molecule has 0 spiro atoms. The number of hydrogen-bond acceptors (Lipinski definition) is 1. The number of rotatable bonds is 3. The van der Waals surface area contributed by atoms with E-state index < -0.39 is 7.14 Å². The van der Waals surface area contributed by atoms with E-state index >= 15 is 0 Å². The van der Waals surface area contributed by atoms with Gasteiger partial charge in [0.25, 0.3) is 0 Å². The van der Waals surface area contributed by atoms with Crippen LogP contribution in [-0.4, -0.2) is 18.9 Å². The molecule has 0 saturated carbocycles. The first-order valence-corrected chi connectivity index (χ1v) is 8.29. The van der Waals surface area contributed by atoms with Gasteiger partial charge in [-0.15, -0.1) is 0 Å². The molecule has 0 aliphatic heterocycles. The van der Waals surface area contributed by atoms with E-state index in [9.17, 15) is 4.57 Å². The molecule has 0 N–H and O–H groups in total. The van der Waals surface area contributed by atoms with E-state index in [1.54, 1.807) is 0 Å². The van der Waals surface area contributed by atoms with Crippen molar-refractivity contribution in [3.05, 3.63) is 91.0 Å². The second-order valence-corrected chi connectivity index (χ2v) is 7.38. The van der Waals surface area contributed by atoms with Gasteiger partial charge in [-0.25, -0.2) is 0 Å². The van der Waals surface area contributed by atoms with Crippen LogP contribution in [0.5, 0.6) is 0 Å². The van der Waals surface area contributed by atoms with Gasteiger partial charge in [0.1, 0.15) is 0 Å². The van der Waals surface area contributed by atoms with Gasteiger partial charge in [-0.2, -0.15) is 0 Å². The maximum absolute atomic E-state index is 13.8. The van der Waals surface area contributed by atoms with Crippen molar-refractivity contribution in [2.24, 2.45) is 0 Å². The van der Waals surface area contributed by atoms with Crippen LogP contribution in [0.4, 0.5) is 0 Å². The Labute approximate surface area is 137 Å². The van der Waals surface area contributed by atoms with Crippen molar-refractivity contribution in [3.63, 3.8) is 0 Å². The minimum atomic E-state index is -2.78. The fourth-order valence-corrected chi connectivity index (χ4v) is 5.03. The minimum absolute atomic E-state index is 0. The first-order valence-electron chi connectivity index (χ1n) is 6.59. The van der Waals surface area contributed by atoms with E-state index in [2.05, 4.69) is 0 Å². The molecule has 3 rings (SSSR count). The molecule has 21 heavy (non-hydrogen) atoms. The first kappa shape index (κ1) is 15.9. The van der Waals surface area contributed by atoms with Crippen molar-refractivity contribution in [3.8, 4) is 0 Å². The van der Waals surface area contributed by atoms with Crippen LogP contribution in [0, 0.1) is 0 Å². The monoisotopic (exact) mass is 286 g/mol. The third-order valence-corrected chi connectivity index (χ3v) is 6.44. The Morgan fingerprint density at radius 1 is 0.476 bits per heavy atom. The van der Waals surface area contributed by atoms with Crippen LogP contribution in [-0.2, 0) is 4.57 Å². The van der Waals surface area contributed by atoms with Gasteiger partial charge in [0.05, 0.1) is 0 Å². The third-order valence-electron chi connectivity index (χ3n) is 3.36. The summed E-state index contributed by atoms with van der Waals surface area (Å²) in [6.07, 6.45) is 0. The molecule has 0 heterocycles. The predicted molar refractivity (Wildman–Crippen MR) is 93.0 cm³/mol.